The molecule has 0 spiro atoms. The molecule has 2 aromatic rings. The Morgan fingerprint density at radius 3 is 2.83 bits per heavy atom. The molecular formula is C20H25N3O. The number of hydrogen-bond donors (Lipinski definition) is 0. The summed E-state index contributed by atoms with van der Waals surface area (Å²) in [6.45, 7) is 4.61. The number of nitrogens with zero attached hydrogens (tertiary/aromatic N) is 3. The van der Waals surface area contributed by atoms with Gasteiger partial charge in [-0.05, 0) is 36.1 Å². The lowest BCUT2D eigenvalue weighted by molar-refractivity contribution is 0.0729. The SMILES string of the molecule is CCCCN(C)c1ccnc(C(=O)N2CCc3ccccc3C2)c1. The van der Waals surface area contributed by atoms with Gasteiger partial charge in [0.25, 0.3) is 5.91 Å². The first-order chi connectivity index (χ1) is 11.7. The molecule has 1 amide bonds. The van der Waals surface area contributed by atoms with Gasteiger partial charge in [-0.15, -0.1) is 0 Å². The van der Waals surface area contributed by atoms with Crippen molar-refractivity contribution < 1.29 is 4.79 Å². The third-order valence-electron chi connectivity index (χ3n) is 4.67. The minimum Gasteiger partial charge on any atom is -0.374 e. The van der Waals surface area contributed by atoms with Crippen LogP contribution in [0.15, 0.2) is 42.6 Å². The lowest BCUT2D eigenvalue weighted by Gasteiger charge is -2.29. The second-order valence-electron chi connectivity index (χ2n) is 6.42. The highest BCUT2D eigenvalue weighted by Crippen LogP contribution is 2.21. The fourth-order valence-corrected chi connectivity index (χ4v) is 3.13. The zero-order chi connectivity index (χ0) is 16.9. The lowest BCUT2D eigenvalue weighted by Crippen LogP contribution is -2.36. The van der Waals surface area contributed by atoms with Crippen molar-refractivity contribution in [3.63, 3.8) is 0 Å². The molecule has 1 aliphatic heterocycles. The molecule has 0 N–H and O–H groups in total. The van der Waals surface area contributed by atoms with Crippen LogP contribution in [0.4, 0.5) is 5.69 Å². The molecule has 1 aromatic heterocycles. The van der Waals surface area contributed by atoms with Crippen LogP contribution < -0.4 is 4.90 Å². The first-order valence-electron chi connectivity index (χ1n) is 8.72. The van der Waals surface area contributed by atoms with Crippen LogP contribution in [-0.2, 0) is 13.0 Å². The number of amides is 1. The molecule has 0 saturated carbocycles. The summed E-state index contributed by atoms with van der Waals surface area (Å²) >= 11 is 0. The molecule has 24 heavy (non-hydrogen) atoms. The summed E-state index contributed by atoms with van der Waals surface area (Å²) < 4.78 is 0. The minimum absolute atomic E-state index is 0.0234. The maximum absolute atomic E-state index is 12.8. The van der Waals surface area contributed by atoms with E-state index in [1.54, 1.807) is 6.20 Å². The number of pyridine rings is 1. The average molecular weight is 323 g/mol. The van der Waals surface area contributed by atoms with Crippen LogP contribution in [0.25, 0.3) is 0 Å². The van der Waals surface area contributed by atoms with E-state index in [1.807, 2.05) is 23.1 Å². The van der Waals surface area contributed by atoms with Crippen molar-refractivity contribution in [2.45, 2.75) is 32.7 Å². The number of hydrogen-bond acceptors (Lipinski definition) is 3. The van der Waals surface area contributed by atoms with E-state index < -0.39 is 0 Å². The van der Waals surface area contributed by atoms with E-state index in [-0.39, 0.29) is 5.91 Å². The minimum atomic E-state index is 0.0234. The van der Waals surface area contributed by atoms with Gasteiger partial charge in [0.15, 0.2) is 0 Å². The average Bonchev–Trinajstić information content (AvgIpc) is 2.65. The summed E-state index contributed by atoms with van der Waals surface area (Å²) in [6, 6.07) is 12.2. The summed E-state index contributed by atoms with van der Waals surface area (Å²) in [7, 11) is 2.07. The molecule has 126 valence electrons. The first-order valence-corrected chi connectivity index (χ1v) is 8.72. The van der Waals surface area contributed by atoms with E-state index in [9.17, 15) is 4.79 Å². The van der Waals surface area contributed by atoms with E-state index in [0.29, 0.717) is 12.2 Å². The second-order valence-corrected chi connectivity index (χ2v) is 6.42. The summed E-state index contributed by atoms with van der Waals surface area (Å²) in [4.78, 5) is 21.2. The highest BCUT2D eigenvalue weighted by molar-refractivity contribution is 5.93. The number of benzene rings is 1. The number of carbonyl (C=O) groups is 1. The Labute approximate surface area is 144 Å². The Hall–Kier alpha value is -2.36. The highest BCUT2D eigenvalue weighted by atomic mass is 16.2. The van der Waals surface area contributed by atoms with Gasteiger partial charge in [0.05, 0.1) is 0 Å². The smallest absolute Gasteiger partial charge is 0.272 e. The predicted molar refractivity (Wildman–Crippen MR) is 97.3 cm³/mol. The van der Waals surface area contributed by atoms with Crippen LogP contribution in [0.3, 0.4) is 0 Å². The largest absolute Gasteiger partial charge is 0.374 e. The molecule has 1 aliphatic rings. The zero-order valence-corrected chi connectivity index (χ0v) is 14.5. The molecule has 1 aromatic carbocycles. The van der Waals surface area contributed by atoms with Gasteiger partial charge in [0.1, 0.15) is 5.69 Å². The maximum Gasteiger partial charge on any atom is 0.272 e. The number of unbranched alkanes of at least 4 members (excludes halogenated alkanes) is 1. The number of aromatic nitrogens is 1. The fraction of sp³-hybridized carbons (Fsp3) is 0.400. The lowest BCUT2D eigenvalue weighted by atomic mass is 10.00. The summed E-state index contributed by atoms with van der Waals surface area (Å²) in [6.07, 6.45) is 4.96. The Kier molecular flexibility index (Phi) is 5.14. The van der Waals surface area contributed by atoms with Gasteiger partial charge in [-0.25, -0.2) is 0 Å². The summed E-state index contributed by atoms with van der Waals surface area (Å²) in [5.74, 6) is 0.0234. The van der Waals surface area contributed by atoms with Crippen LogP contribution in [0.2, 0.25) is 0 Å². The van der Waals surface area contributed by atoms with Crippen LogP contribution >= 0.6 is 0 Å². The van der Waals surface area contributed by atoms with E-state index >= 15 is 0 Å². The van der Waals surface area contributed by atoms with Gasteiger partial charge in [-0.1, -0.05) is 37.6 Å². The molecule has 0 radical (unpaired) electrons. The Morgan fingerprint density at radius 1 is 1.25 bits per heavy atom. The van der Waals surface area contributed by atoms with Crippen molar-refractivity contribution >= 4 is 11.6 Å². The van der Waals surface area contributed by atoms with Crippen molar-refractivity contribution in [2.24, 2.45) is 0 Å². The molecule has 4 nitrogen and oxygen atoms in total. The standard InChI is InChI=1S/C20H25N3O/c1-3-4-12-22(2)18-9-11-21-19(14-18)20(24)23-13-10-16-7-5-6-8-17(16)15-23/h5-9,11,14H,3-4,10,12-13,15H2,1-2H3. The normalized spacial score (nSPS) is 13.5. The van der Waals surface area contributed by atoms with Gasteiger partial charge >= 0.3 is 0 Å². The molecule has 0 unspecified atom stereocenters. The number of carbonyl (C=O) groups excluding carboxylic acids is 1. The van der Waals surface area contributed by atoms with Gasteiger partial charge < -0.3 is 9.80 Å². The van der Waals surface area contributed by atoms with Crippen molar-refractivity contribution in [3.05, 3.63) is 59.4 Å². The van der Waals surface area contributed by atoms with Gasteiger partial charge in [0.2, 0.25) is 0 Å². The van der Waals surface area contributed by atoms with E-state index in [4.69, 9.17) is 0 Å². The Bertz CT molecular complexity index is 714. The molecule has 0 fully saturated rings. The number of anilines is 1. The van der Waals surface area contributed by atoms with Gasteiger partial charge in [0, 0.05) is 38.6 Å². The van der Waals surface area contributed by atoms with Crippen LogP contribution in [0.5, 0.6) is 0 Å². The second kappa shape index (κ2) is 7.47. The highest BCUT2D eigenvalue weighted by Gasteiger charge is 2.22. The molecule has 0 atom stereocenters. The van der Waals surface area contributed by atoms with Gasteiger partial charge in [-0.2, -0.15) is 0 Å². The summed E-state index contributed by atoms with van der Waals surface area (Å²) in [5, 5.41) is 0. The van der Waals surface area contributed by atoms with Crippen LogP contribution in [0, 0.1) is 0 Å². The third kappa shape index (κ3) is 3.58. The molecule has 4 heteroatoms. The quantitative estimate of drug-likeness (QED) is 0.845. The summed E-state index contributed by atoms with van der Waals surface area (Å²) in [5.41, 5.74) is 4.19. The molecule has 0 aliphatic carbocycles. The number of fused-ring (bicyclic) bond motifs is 1. The molecule has 3 rings (SSSR count). The van der Waals surface area contributed by atoms with Gasteiger partial charge in [-0.3, -0.25) is 9.78 Å². The Morgan fingerprint density at radius 2 is 2.04 bits per heavy atom. The van der Waals surface area contributed by atoms with E-state index in [2.05, 4.69) is 42.1 Å². The van der Waals surface area contributed by atoms with Crippen LogP contribution in [-0.4, -0.2) is 35.9 Å². The molecule has 2 heterocycles. The fourth-order valence-electron chi connectivity index (χ4n) is 3.13. The third-order valence-corrected chi connectivity index (χ3v) is 4.67. The Balaban J connectivity index is 1.74. The van der Waals surface area contributed by atoms with E-state index in [0.717, 1.165) is 38.0 Å². The van der Waals surface area contributed by atoms with Crippen molar-refractivity contribution in [2.75, 3.05) is 25.0 Å². The number of rotatable bonds is 5. The zero-order valence-electron chi connectivity index (χ0n) is 14.5. The maximum atomic E-state index is 12.8. The predicted octanol–water partition coefficient (Wildman–Crippen LogP) is 3.52. The first kappa shape index (κ1) is 16.5. The topological polar surface area (TPSA) is 36.4 Å². The van der Waals surface area contributed by atoms with Crippen molar-refractivity contribution in [3.8, 4) is 0 Å². The molecule has 0 bridgehead atoms. The molecule has 0 saturated heterocycles. The van der Waals surface area contributed by atoms with Crippen LogP contribution in [0.1, 0.15) is 41.4 Å². The van der Waals surface area contributed by atoms with Crippen molar-refractivity contribution in [1.29, 1.82) is 0 Å². The van der Waals surface area contributed by atoms with E-state index in [1.165, 1.54) is 11.1 Å². The van der Waals surface area contributed by atoms with Crippen molar-refractivity contribution in [1.82, 2.24) is 9.88 Å². The monoisotopic (exact) mass is 323 g/mol. The molecular weight excluding hydrogens is 298 g/mol.